The zero-order valence-corrected chi connectivity index (χ0v) is 19.1. The van der Waals surface area contributed by atoms with E-state index < -0.39 is 30.6 Å². The van der Waals surface area contributed by atoms with Crippen LogP contribution in [0.4, 0.5) is 26.3 Å². The molecule has 0 saturated carbocycles. The van der Waals surface area contributed by atoms with Crippen LogP contribution in [-0.4, -0.2) is 18.3 Å². The number of hydrogen-bond acceptors (Lipinski definition) is 2. The highest BCUT2D eigenvalue weighted by molar-refractivity contribution is 6.48. The Morgan fingerprint density at radius 1 is 1.03 bits per heavy atom. The fraction of sp³-hybridized carbons (Fsp3) is 0.286. The van der Waals surface area contributed by atoms with Gasteiger partial charge >= 0.3 is 12.4 Å². The topological polar surface area (TPSA) is 41.1 Å². The molecule has 0 aromatic heterocycles. The van der Waals surface area contributed by atoms with Gasteiger partial charge in [0.2, 0.25) is 5.91 Å². The molecule has 33 heavy (non-hydrogen) atoms. The van der Waals surface area contributed by atoms with E-state index in [4.69, 9.17) is 34.8 Å². The van der Waals surface area contributed by atoms with Crippen molar-refractivity contribution in [2.45, 2.75) is 38.2 Å². The second-order valence-corrected chi connectivity index (χ2v) is 8.25. The Balaban J connectivity index is 2.13. The van der Waals surface area contributed by atoms with Crippen LogP contribution < -0.4 is 10.9 Å². The number of amides is 1. The van der Waals surface area contributed by atoms with E-state index in [1.54, 1.807) is 19.1 Å². The summed E-state index contributed by atoms with van der Waals surface area (Å²) in [6, 6.07) is 6.92. The van der Waals surface area contributed by atoms with Crippen molar-refractivity contribution in [1.29, 1.82) is 0 Å². The number of hydrazine groups is 1. The smallest absolute Gasteiger partial charge is 0.291 e. The van der Waals surface area contributed by atoms with Gasteiger partial charge in [-0.3, -0.25) is 10.2 Å². The summed E-state index contributed by atoms with van der Waals surface area (Å²) in [5.74, 6) is -3.23. The van der Waals surface area contributed by atoms with Crippen molar-refractivity contribution in [2.75, 3.05) is 0 Å². The SMILES string of the molecule is Cc1cc(C=CC(c2cc(Cl)c(Cl)c(Cl)c2)C(F)(F)F)ccc1CNNC(=O)CC(F)(F)F. The molecule has 0 saturated heterocycles. The number of alkyl halides is 6. The van der Waals surface area contributed by atoms with Crippen molar-refractivity contribution < 1.29 is 31.1 Å². The van der Waals surface area contributed by atoms with Crippen LogP contribution in [-0.2, 0) is 11.3 Å². The van der Waals surface area contributed by atoms with Gasteiger partial charge in [0.25, 0.3) is 0 Å². The fourth-order valence-corrected chi connectivity index (χ4v) is 3.47. The van der Waals surface area contributed by atoms with Crippen LogP contribution in [0.3, 0.4) is 0 Å². The molecule has 0 aliphatic heterocycles. The van der Waals surface area contributed by atoms with Gasteiger partial charge in [-0.25, -0.2) is 5.43 Å². The summed E-state index contributed by atoms with van der Waals surface area (Å²) in [6.07, 6.45) is -8.62. The summed E-state index contributed by atoms with van der Waals surface area (Å²) in [7, 11) is 0. The van der Waals surface area contributed by atoms with Crippen LogP contribution >= 0.6 is 34.8 Å². The van der Waals surface area contributed by atoms with Gasteiger partial charge in [-0.15, -0.1) is 0 Å². The van der Waals surface area contributed by atoms with Crippen LogP contribution in [0.5, 0.6) is 0 Å². The summed E-state index contributed by atoms with van der Waals surface area (Å²) in [6.45, 7) is 1.69. The molecule has 0 bridgehead atoms. The van der Waals surface area contributed by atoms with Crippen molar-refractivity contribution in [3.05, 3.63) is 73.7 Å². The zero-order valence-electron chi connectivity index (χ0n) is 16.8. The molecule has 1 atom stereocenters. The van der Waals surface area contributed by atoms with Crippen molar-refractivity contribution in [3.63, 3.8) is 0 Å². The van der Waals surface area contributed by atoms with E-state index in [0.29, 0.717) is 16.7 Å². The molecule has 3 nitrogen and oxygen atoms in total. The van der Waals surface area contributed by atoms with E-state index >= 15 is 0 Å². The van der Waals surface area contributed by atoms with Gasteiger partial charge in [0.15, 0.2) is 0 Å². The van der Waals surface area contributed by atoms with Gasteiger partial charge in [0.05, 0.1) is 21.0 Å². The van der Waals surface area contributed by atoms with Crippen LogP contribution in [0.25, 0.3) is 6.08 Å². The third-order valence-corrected chi connectivity index (χ3v) is 5.63. The molecule has 180 valence electrons. The van der Waals surface area contributed by atoms with Crippen LogP contribution in [0.1, 0.15) is 34.6 Å². The molecule has 2 aromatic rings. The van der Waals surface area contributed by atoms with Gasteiger partial charge in [-0.1, -0.05) is 65.2 Å². The predicted molar refractivity (Wildman–Crippen MR) is 116 cm³/mol. The maximum absolute atomic E-state index is 13.6. The summed E-state index contributed by atoms with van der Waals surface area (Å²) in [4.78, 5) is 11.2. The molecule has 12 heteroatoms. The van der Waals surface area contributed by atoms with Gasteiger partial charge in [0.1, 0.15) is 6.42 Å². The van der Waals surface area contributed by atoms with E-state index in [-0.39, 0.29) is 27.2 Å². The Kier molecular flexibility index (Phi) is 9.09. The Labute approximate surface area is 200 Å². The lowest BCUT2D eigenvalue weighted by molar-refractivity contribution is -0.154. The molecule has 0 heterocycles. The number of benzene rings is 2. The second-order valence-electron chi connectivity index (χ2n) is 7.06. The Morgan fingerprint density at radius 3 is 2.15 bits per heavy atom. The molecular formula is C21H17Cl3F6N2O. The Morgan fingerprint density at radius 2 is 1.64 bits per heavy atom. The zero-order chi connectivity index (χ0) is 25.0. The van der Waals surface area contributed by atoms with E-state index in [1.807, 2.05) is 5.43 Å². The molecule has 2 N–H and O–H groups in total. The summed E-state index contributed by atoms with van der Waals surface area (Å²) >= 11 is 17.5. The monoisotopic (exact) mass is 532 g/mol. The van der Waals surface area contributed by atoms with Gasteiger partial charge in [-0.05, 0) is 41.3 Å². The standard InChI is InChI=1S/C21H17Cl3F6N2O/c1-11-6-12(2-4-13(11)10-31-32-18(33)9-20(25,26)27)3-5-15(21(28,29)30)14-7-16(22)19(24)17(23)8-14/h2-8,15,31H,9-10H2,1H3,(H,32,33). The lowest BCUT2D eigenvalue weighted by atomic mass is 9.96. The molecule has 0 radical (unpaired) electrons. The number of aryl methyl sites for hydroxylation is 1. The number of nitrogens with one attached hydrogen (secondary N) is 2. The van der Waals surface area contributed by atoms with Crippen molar-refractivity contribution in [2.24, 2.45) is 0 Å². The molecule has 0 aliphatic rings. The third-order valence-electron chi connectivity index (χ3n) is 4.43. The largest absolute Gasteiger partial charge is 0.399 e. The van der Waals surface area contributed by atoms with Gasteiger partial charge in [0, 0.05) is 6.54 Å². The minimum absolute atomic E-state index is 0.0202. The number of carbonyl (C=O) groups excluding carboxylic acids is 1. The number of allylic oxidation sites excluding steroid dienone is 1. The quantitative estimate of drug-likeness (QED) is 0.221. The first-order chi connectivity index (χ1) is 15.2. The van der Waals surface area contributed by atoms with Crippen LogP contribution in [0.2, 0.25) is 15.1 Å². The molecule has 1 unspecified atom stereocenters. The summed E-state index contributed by atoms with van der Waals surface area (Å²) in [5.41, 5.74) is 5.88. The highest BCUT2D eigenvalue weighted by Gasteiger charge is 2.39. The first-order valence-corrected chi connectivity index (χ1v) is 10.4. The highest BCUT2D eigenvalue weighted by Crippen LogP contribution is 2.41. The maximum atomic E-state index is 13.6. The lowest BCUT2D eigenvalue weighted by Gasteiger charge is -2.18. The highest BCUT2D eigenvalue weighted by atomic mass is 35.5. The summed E-state index contributed by atoms with van der Waals surface area (Å²) in [5, 5.41) is -0.241. The van der Waals surface area contributed by atoms with E-state index in [0.717, 1.165) is 18.2 Å². The second kappa shape index (κ2) is 11.0. The average molecular weight is 534 g/mol. The molecule has 2 aromatic carbocycles. The van der Waals surface area contributed by atoms with Crippen molar-refractivity contribution in [3.8, 4) is 0 Å². The van der Waals surface area contributed by atoms with Gasteiger partial charge in [-0.2, -0.15) is 26.3 Å². The predicted octanol–water partition coefficient (Wildman–Crippen LogP) is 7.39. The van der Waals surface area contributed by atoms with E-state index in [2.05, 4.69) is 5.43 Å². The minimum Gasteiger partial charge on any atom is -0.291 e. The molecule has 2 rings (SSSR count). The average Bonchev–Trinajstić information content (AvgIpc) is 2.65. The number of carbonyl (C=O) groups is 1. The molecule has 0 spiro atoms. The van der Waals surface area contributed by atoms with Gasteiger partial charge < -0.3 is 0 Å². The molecular weight excluding hydrogens is 517 g/mol. The molecule has 0 aliphatic carbocycles. The van der Waals surface area contributed by atoms with Crippen LogP contribution in [0, 0.1) is 6.92 Å². The van der Waals surface area contributed by atoms with E-state index in [1.165, 1.54) is 12.1 Å². The van der Waals surface area contributed by atoms with Crippen molar-refractivity contribution >= 4 is 46.8 Å². The number of halogens is 9. The molecule has 0 fully saturated rings. The lowest BCUT2D eigenvalue weighted by Crippen LogP contribution is -2.39. The van der Waals surface area contributed by atoms with E-state index in [9.17, 15) is 31.1 Å². The normalized spacial score (nSPS) is 13.4. The van der Waals surface area contributed by atoms with Crippen molar-refractivity contribution in [1.82, 2.24) is 10.9 Å². The number of rotatable bonds is 7. The van der Waals surface area contributed by atoms with Crippen LogP contribution in [0.15, 0.2) is 36.4 Å². The first kappa shape index (κ1) is 27.3. The maximum Gasteiger partial charge on any atom is 0.399 e. The molecule has 1 amide bonds. The summed E-state index contributed by atoms with van der Waals surface area (Å²) < 4.78 is 77.4. The fourth-order valence-electron chi connectivity index (χ4n) is 2.86. The Hall–Kier alpha value is -1.94. The Bertz CT molecular complexity index is 1010. The first-order valence-electron chi connectivity index (χ1n) is 9.24. The minimum atomic E-state index is -4.62. The number of hydrogen-bond donors (Lipinski definition) is 2. The third kappa shape index (κ3) is 8.41.